The molecule has 8 heteroatoms. The maximum atomic E-state index is 12.7. The minimum Gasteiger partial charge on any atom is -0.494 e. The van der Waals surface area contributed by atoms with Crippen molar-refractivity contribution in [1.82, 2.24) is 24.9 Å². The van der Waals surface area contributed by atoms with Crippen LogP contribution in [-0.2, 0) is 11.3 Å². The van der Waals surface area contributed by atoms with Crippen LogP contribution < -0.4 is 15.0 Å². The van der Waals surface area contributed by atoms with E-state index in [-0.39, 0.29) is 11.8 Å². The highest BCUT2D eigenvalue weighted by Crippen LogP contribution is 2.29. The number of pyridine rings is 1. The van der Waals surface area contributed by atoms with Crippen molar-refractivity contribution in [3.05, 3.63) is 72.8 Å². The number of benzene rings is 1. The molecule has 0 unspecified atom stereocenters. The number of hydrogen-bond acceptors (Lipinski definition) is 6. The minimum atomic E-state index is 0.00372. The molecule has 0 bridgehead atoms. The molecular weight excluding hydrogens is 428 g/mol. The van der Waals surface area contributed by atoms with Crippen LogP contribution in [0, 0.1) is 5.92 Å². The molecule has 0 spiro atoms. The molecule has 1 fully saturated rings. The van der Waals surface area contributed by atoms with Gasteiger partial charge >= 0.3 is 0 Å². The van der Waals surface area contributed by atoms with Gasteiger partial charge in [0.15, 0.2) is 5.82 Å². The quantitative estimate of drug-likeness (QED) is 0.456. The van der Waals surface area contributed by atoms with Crippen molar-refractivity contribution in [1.29, 1.82) is 0 Å². The third kappa shape index (κ3) is 4.71. The van der Waals surface area contributed by atoms with Crippen molar-refractivity contribution in [2.24, 2.45) is 5.92 Å². The molecule has 1 N–H and O–H groups in total. The van der Waals surface area contributed by atoms with Crippen LogP contribution in [0.2, 0.25) is 0 Å². The highest BCUT2D eigenvalue weighted by atomic mass is 16.5. The molecule has 1 saturated heterocycles. The summed E-state index contributed by atoms with van der Waals surface area (Å²) in [6.07, 6.45) is 6.97. The first kappa shape index (κ1) is 21.9. The molecule has 174 valence electrons. The predicted molar refractivity (Wildman–Crippen MR) is 131 cm³/mol. The van der Waals surface area contributed by atoms with E-state index < -0.39 is 0 Å². The van der Waals surface area contributed by atoms with Gasteiger partial charge in [-0.1, -0.05) is 6.07 Å². The number of nitrogens with zero attached hydrogens (tertiary/aromatic N) is 5. The summed E-state index contributed by atoms with van der Waals surface area (Å²) >= 11 is 0. The number of carbonyl (C=O) groups is 1. The van der Waals surface area contributed by atoms with E-state index in [0.717, 1.165) is 60.0 Å². The Labute approximate surface area is 198 Å². The third-order valence-electron chi connectivity index (χ3n) is 6.17. The zero-order valence-electron chi connectivity index (χ0n) is 19.2. The van der Waals surface area contributed by atoms with Gasteiger partial charge in [0.05, 0.1) is 24.5 Å². The molecule has 34 heavy (non-hydrogen) atoms. The molecule has 0 aliphatic carbocycles. The van der Waals surface area contributed by atoms with Crippen LogP contribution in [0.3, 0.4) is 0 Å². The van der Waals surface area contributed by atoms with E-state index in [1.54, 1.807) is 12.4 Å². The number of rotatable bonds is 7. The van der Waals surface area contributed by atoms with Gasteiger partial charge in [0, 0.05) is 43.2 Å². The molecule has 8 nitrogen and oxygen atoms in total. The predicted octanol–water partition coefficient (Wildman–Crippen LogP) is 3.72. The number of hydrogen-bond donors (Lipinski definition) is 1. The molecule has 5 rings (SSSR count). The van der Waals surface area contributed by atoms with Crippen LogP contribution in [0.5, 0.6) is 5.75 Å². The Bertz CT molecular complexity index is 1250. The molecule has 4 heterocycles. The molecule has 1 aliphatic rings. The van der Waals surface area contributed by atoms with Crippen molar-refractivity contribution in [3.63, 3.8) is 0 Å². The van der Waals surface area contributed by atoms with Crippen LogP contribution in [-0.4, -0.2) is 45.2 Å². The van der Waals surface area contributed by atoms with Crippen LogP contribution in [0.1, 0.15) is 25.5 Å². The smallest absolute Gasteiger partial charge is 0.223 e. The summed E-state index contributed by atoms with van der Waals surface area (Å²) in [5.41, 5.74) is 3.75. The largest absolute Gasteiger partial charge is 0.494 e. The summed E-state index contributed by atoms with van der Waals surface area (Å²) in [7, 11) is 0. The van der Waals surface area contributed by atoms with Crippen LogP contribution >= 0.6 is 0 Å². The number of fused-ring (bicyclic) bond motifs is 1. The van der Waals surface area contributed by atoms with Gasteiger partial charge < -0.3 is 15.0 Å². The molecule has 0 atom stereocenters. The molecular formula is C26H28N6O2. The van der Waals surface area contributed by atoms with E-state index in [0.29, 0.717) is 13.2 Å². The topological polar surface area (TPSA) is 84.6 Å². The van der Waals surface area contributed by atoms with E-state index >= 15 is 0 Å². The van der Waals surface area contributed by atoms with E-state index in [2.05, 4.69) is 26.3 Å². The number of aromatic nitrogens is 4. The fourth-order valence-electron chi connectivity index (χ4n) is 4.36. The van der Waals surface area contributed by atoms with Crippen molar-refractivity contribution in [2.75, 3.05) is 24.6 Å². The molecule has 1 aliphatic heterocycles. The lowest BCUT2D eigenvalue weighted by molar-refractivity contribution is -0.125. The summed E-state index contributed by atoms with van der Waals surface area (Å²) in [5.74, 6) is 1.85. The van der Waals surface area contributed by atoms with Gasteiger partial charge in [-0.25, -0.2) is 9.50 Å². The monoisotopic (exact) mass is 456 g/mol. The number of nitrogens with one attached hydrogen (secondary N) is 1. The minimum absolute atomic E-state index is 0.00372. The lowest BCUT2D eigenvalue weighted by atomic mass is 9.96. The Morgan fingerprint density at radius 2 is 1.91 bits per heavy atom. The molecule has 4 aromatic rings. The number of amides is 1. The first-order valence-electron chi connectivity index (χ1n) is 11.7. The van der Waals surface area contributed by atoms with Crippen LogP contribution in [0.4, 0.5) is 5.82 Å². The standard InChI is InChI=1S/C26H28N6O2/c1-2-34-22-8-6-19(7-9-22)23-17-24-25(28-13-16-32(24)30-23)31-14-10-20(11-15-31)26(33)29-18-21-5-3-4-12-27-21/h3-9,12-13,16-17,20H,2,10-11,14-15,18H2,1H3,(H,29,33). The first-order valence-corrected chi connectivity index (χ1v) is 11.7. The normalized spacial score (nSPS) is 14.3. The average Bonchev–Trinajstić information content (AvgIpc) is 3.33. The summed E-state index contributed by atoms with van der Waals surface area (Å²) in [6.45, 7) is 4.63. The number of piperidine rings is 1. The maximum absolute atomic E-state index is 12.7. The number of anilines is 1. The Balaban J connectivity index is 1.25. The number of carbonyl (C=O) groups excluding carboxylic acids is 1. The van der Waals surface area contributed by atoms with Crippen molar-refractivity contribution >= 4 is 17.2 Å². The second kappa shape index (κ2) is 9.91. The summed E-state index contributed by atoms with van der Waals surface area (Å²) in [5, 5.41) is 7.78. The SMILES string of the molecule is CCOc1ccc(-c2cc3c(N4CCC(C(=O)NCc5ccccn5)CC4)nccn3n2)cc1. The highest BCUT2D eigenvalue weighted by molar-refractivity contribution is 5.79. The lowest BCUT2D eigenvalue weighted by Gasteiger charge is -2.32. The van der Waals surface area contributed by atoms with Crippen LogP contribution in [0.25, 0.3) is 16.8 Å². The highest BCUT2D eigenvalue weighted by Gasteiger charge is 2.26. The molecule has 0 saturated carbocycles. The second-order valence-corrected chi connectivity index (χ2v) is 8.37. The summed E-state index contributed by atoms with van der Waals surface area (Å²) in [6, 6.07) is 15.8. The van der Waals surface area contributed by atoms with Gasteiger partial charge in [-0.2, -0.15) is 5.10 Å². The Kier molecular flexibility index (Phi) is 6.38. The molecule has 0 radical (unpaired) electrons. The maximum Gasteiger partial charge on any atom is 0.223 e. The average molecular weight is 457 g/mol. The number of ether oxygens (including phenoxy) is 1. The van der Waals surface area contributed by atoms with Crippen LogP contribution in [0.15, 0.2) is 67.1 Å². The Morgan fingerprint density at radius 3 is 2.65 bits per heavy atom. The molecule has 3 aromatic heterocycles. The fraction of sp³-hybridized carbons (Fsp3) is 0.308. The fourth-order valence-corrected chi connectivity index (χ4v) is 4.36. The Hall–Kier alpha value is -3.94. The first-order chi connectivity index (χ1) is 16.7. The van der Waals surface area contributed by atoms with E-state index in [4.69, 9.17) is 9.84 Å². The van der Waals surface area contributed by atoms with Gasteiger partial charge in [-0.05, 0) is 62.2 Å². The molecule has 1 amide bonds. The zero-order chi connectivity index (χ0) is 23.3. The van der Waals surface area contributed by atoms with Crippen molar-refractivity contribution in [3.8, 4) is 17.0 Å². The van der Waals surface area contributed by atoms with Gasteiger partial charge in [-0.15, -0.1) is 0 Å². The third-order valence-corrected chi connectivity index (χ3v) is 6.17. The summed E-state index contributed by atoms with van der Waals surface area (Å²) in [4.78, 5) is 23.8. The lowest BCUT2D eigenvalue weighted by Crippen LogP contribution is -2.40. The summed E-state index contributed by atoms with van der Waals surface area (Å²) < 4.78 is 7.42. The van der Waals surface area contributed by atoms with E-state index in [9.17, 15) is 4.79 Å². The van der Waals surface area contributed by atoms with Crippen molar-refractivity contribution < 1.29 is 9.53 Å². The molecule has 1 aromatic carbocycles. The van der Waals surface area contributed by atoms with Gasteiger partial charge in [0.1, 0.15) is 11.3 Å². The van der Waals surface area contributed by atoms with Gasteiger partial charge in [0.2, 0.25) is 5.91 Å². The van der Waals surface area contributed by atoms with E-state index in [1.807, 2.05) is 60.1 Å². The van der Waals surface area contributed by atoms with Crippen molar-refractivity contribution in [2.45, 2.75) is 26.3 Å². The Morgan fingerprint density at radius 1 is 1.09 bits per heavy atom. The van der Waals surface area contributed by atoms with Gasteiger partial charge in [0.25, 0.3) is 0 Å². The zero-order valence-corrected chi connectivity index (χ0v) is 19.2. The van der Waals surface area contributed by atoms with Gasteiger partial charge in [-0.3, -0.25) is 9.78 Å². The van der Waals surface area contributed by atoms with E-state index in [1.165, 1.54) is 0 Å². The second-order valence-electron chi connectivity index (χ2n) is 8.37.